The molecule has 2 heterocycles. The van der Waals surface area contributed by atoms with Crippen LogP contribution in [0.5, 0.6) is 0 Å². The molecule has 0 bridgehead atoms. The van der Waals surface area contributed by atoms with Crippen molar-refractivity contribution in [3.05, 3.63) is 18.2 Å². The van der Waals surface area contributed by atoms with Gasteiger partial charge in [0.25, 0.3) is 0 Å². The van der Waals surface area contributed by atoms with Gasteiger partial charge in [-0.1, -0.05) is 0 Å². The van der Waals surface area contributed by atoms with E-state index in [1.807, 2.05) is 0 Å². The predicted molar refractivity (Wildman–Crippen MR) is 116 cm³/mol. The third-order valence-electron chi connectivity index (χ3n) is 5.53. The molecule has 4 atom stereocenters. The molecule has 0 saturated carbocycles. The number of imidazole rings is 1. The summed E-state index contributed by atoms with van der Waals surface area (Å²) in [5, 5.41) is 23.7. The number of nitrogens with one attached hydrogen (secondary N) is 3. The second-order valence-corrected chi connectivity index (χ2v) is 8.00. The zero-order chi connectivity index (χ0) is 24.4. The molecule has 3 amide bonds. The summed E-state index contributed by atoms with van der Waals surface area (Å²) in [6.45, 7) is 0.147. The van der Waals surface area contributed by atoms with Gasteiger partial charge in [0.2, 0.25) is 17.7 Å². The fourth-order valence-electron chi connectivity index (χ4n) is 3.70. The summed E-state index contributed by atoms with van der Waals surface area (Å²) in [4.78, 5) is 58.0. The van der Waals surface area contributed by atoms with E-state index in [2.05, 4.69) is 20.6 Å². The number of rotatable bonds is 13. The van der Waals surface area contributed by atoms with E-state index in [1.54, 1.807) is 0 Å². The molecule has 9 N–H and O–H groups in total. The molecule has 1 fully saturated rings. The predicted octanol–water partition coefficient (Wildman–Crippen LogP) is -2.55. The van der Waals surface area contributed by atoms with Crippen LogP contribution in [0.1, 0.15) is 37.8 Å². The molecule has 2 rings (SSSR count). The minimum Gasteiger partial charge on any atom is -0.480 e. The highest BCUT2D eigenvalue weighted by Gasteiger charge is 2.39. The molecule has 184 valence electrons. The lowest BCUT2D eigenvalue weighted by Crippen LogP contribution is -2.57. The molecule has 1 aromatic heterocycles. The van der Waals surface area contributed by atoms with Crippen molar-refractivity contribution in [2.75, 3.05) is 19.7 Å². The molecule has 13 nitrogen and oxygen atoms in total. The lowest BCUT2D eigenvalue weighted by atomic mass is 10.1. The summed E-state index contributed by atoms with van der Waals surface area (Å²) in [5.41, 5.74) is 11.6. The Morgan fingerprint density at radius 2 is 2.00 bits per heavy atom. The van der Waals surface area contributed by atoms with Crippen molar-refractivity contribution in [2.45, 2.75) is 62.7 Å². The van der Waals surface area contributed by atoms with Crippen LogP contribution in [-0.4, -0.2) is 92.6 Å². The summed E-state index contributed by atoms with van der Waals surface area (Å²) in [5.74, 6) is -2.91. The van der Waals surface area contributed by atoms with Gasteiger partial charge in [-0.15, -0.1) is 0 Å². The van der Waals surface area contributed by atoms with Crippen LogP contribution in [0.2, 0.25) is 0 Å². The van der Waals surface area contributed by atoms with Crippen LogP contribution in [0.15, 0.2) is 12.5 Å². The Morgan fingerprint density at radius 3 is 2.61 bits per heavy atom. The van der Waals surface area contributed by atoms with E-state index in [-0.39, 0.29) is 6.42 Å². The Morgan fingerprint density at radius 1 is 1.24 bits per heavy atom. The maximum absolute atomic E-state index is 13.2. The van der Waals surface area contributed by atoms with Crippen LogP contribution in [0.4, 0.5) is 0 Å². The van der Waals surface area contributed by atoms with Gasteiger partial charge in [0.15, 0.2) is 0 Å². The van der Waals surface area contributed by atoms with Gasteiger partial charge in [0, 0.05) is 24.9 Å². The molecule has 0 aliphatic carbocycles. The average molecular weight is 468 g/mol. The Balaban J connectivity index is 2.09. The van der Waals surface area contributed by atoms with Crippen LogP contribution >= 0.6 is 0 Å². The number of aliphatic hydroxyl groups is 1. The molecule has 1 aliphatic rings. The van der Waals surface area contributed by atoms with E-state index in [1.165, 1.54) is 17.4 Å². The molecular formula is C20H33N7O6. The van der Waals surface area contributed by atoms with Crippen molar-refractivity contribution in [3.8, 4) is 0 Å². The first-order valence-corrected chi connectivity index (χ1v) is 11.0. The van der Waals surface area contributed by atoms with E-state index in [0.29, 0.717) is 50.9 Å². The lowest BCUT2D eigenvalue weighted by Gasteiger charge is -2.30. The molecule has 33 heavy (non-hydrogen) atoms. The number of carbonyl (C=O) groups excluding carboxylic acids is 3. The van der Waals surface area contributed by atoms with Gasteiger partial charge in [-0.3, -0.25) is 14.4 Å². The molecule has 1 aliphatic heterocycles. The number of aromatic nitrogens is 2. The van der Waals surface area contributed by atoms with E-state index in [0.717, 1.165) is 0 Å². The summed E-state index contributed by atoms with van der Waals surface area (Å²) >= 11 is 0. The van der Waals surface area contributed by atoms with E-state index in [4.69, 9.17) is 16.6 Å². The van der Waals surface area contributed by atoms with Crippen molar-refractivity contribution in [2.24, 2.45) is 11.5 Å². The number of aliphatic hydroxyl groups excluding tert-OH is 1. The van der Waals surface area contributed by atoms with Crippen LogP contribution in [0, 0.1) is 0 Å². The maximum atomic E-state index is 13.2. The third kappa shape index (κ3) is 7.51. The van der Waals surface area contributed by atoms with Gasteiger partial charge in [0.1, 0.15) is 24.2 Å². The molecule has 13 heteroatoms. The number of carboxylic acid groups (broad SMARTS) is 1. The standard InChI is InChI=1S/C20H33N7O6/c21-6-2-1-4-14(25-17(29)13(22)10-28)19(31)27-7-3-5-16(27)18(30)26-15(20(32)33)8-12-9-23-11-24-12/h9,11,13-16,28H,1-8,10,21-22H2,(H,23,24)(H,25,29)(H,26,30)(H,32,33). The third-order valence-corrected chi connectivity index (χ3v) is 5.53. The quantitative estimate of drug-likeness (QED) is 0.152. The highest BCUT2D eigenvalue weighted by molar-refractivity contribution is 5.94. The summed E-state index contributed by atoms with van der Waals surface area (Å²) in [6, 6.07) is -4.17. The molecule has 0 aromatic carbocycles. The number of nitrogens with two attached hydrogens (primary N) is 2. The SMILES string of the molecule is NCCCCC(NC(=O)C(N)CO)C(=O)N1CCCC1C(=O)NC(Cc1cnc[nH]1)C(=O)O. The molecule has 0 radical (unpaired) electrons. The van der Waals surface area contributed by atoms with Crippen molar-refractivity contribution >= 4 is 23.7 Å². The largest absolute Gasteiger partial charge is 0.480 e. The van der Waals surface area contributed by atoms with Crippen LogP contribution in [-0.2, 0) is 25.6 Å². The Hall–Kier alpha value is -3.03. The topological polar surface area (TPSA) is 217 Å². The molecule has 1 aromatic rings. The summed E-state index contributed by atoms with van der Waals surface area (Å²) < 4.78 is 0. The monoisotopic (exact) mass is 467 g/mol. The second kappa shape index (κ2) is 12.9. The highest BCUT2D eigenvalue weighted by Crippen LogP contribution is 2.20. The number of aliphatic carboxylic acids is 1. The zero-order valence-electron chi connectivity index (χ0n) is 18.4. The van der Waals surface area contributed by atoms with Crippen molar-refractivity contribution < 1.29 is 29.4 Å². The number of H-pyrrole nitrogens is 1. The first-order valence-electron chi connectivity index (χ1n) is 11.0. The number of carbonyl (C=O) groups is 4. The van der Waals surface area contributed by atoms with Gasteiger partial charge in [0.05, 0.1) is 12.9 Å². The average Bonchev–Trinajstić information content (AvgIpc) is 3.49. The highest BCUT2D eigenvalue weighted by atomic mass is 16.4. The van der Waals surface area contributed by atoms with Gasteiger partial charge >= 0.3 is 5.97 Å². The number of carboxylic acids is 1. The van der Waals surface area contributed by atoms with Crippen LogP contribution in [0.25, 0.3) is 0 Å². The fraction of sp³-hybridized carbons (Fsp3) is 0.650. The van der Waals surface area contributed by atoms with Gasteiger partial charge in [-0.25, -0.2) is 9.78 Å². The van der Waals surface area contributed by atoms with Crippen molar-refractivity contribution in [3.63, 3.8) is 0 Å². The molecule has 4 unspecified atom stereocenters. The second-order valence-electron chi connectivity index (χ2n) is 8.00. The molecular weight excluding hydrogens is 434 g/mol. The number of nitrogens with zero attached hydrogens (tertiary/aromatic N) is 2. The number of hydrogen-bond donors (Lipinski definition) is 7. The number of amides is 3. The maximum Gasteiger partial charge on any atom is 0.326 e. The van der Waals surface area contributed by atoms with Gasteiger partial charge in [-0.2, -0.15) is 0 Å². The van der Waals surface area contributed by atoms with Gasteiger partial charge in [-0.05, 0) is 38.6 Å². The van der Waals surface area contributed by atoms with Crippen LogP contribution < -0.4 is 22.1 Å². The zero-order valence-corrected chi connectivity index (χ0v) is 18.4. The number of likely N-dealkylation sites (tertiary alicyclic amines) is 1. The minimum absolute atomic E-state index is 0.0125. The summed E-state index contributed by atoms with van der Waals surface area (Å²) in [6.07, 6.45) is 5.33. The first kappa shape index (κ1) is 26.2. The number of hydrogen-bond acceptors (Lipinski definition) is 8. The smallest absolute Gasteiger partial charge is 0.326 e. The van der Waals surface area contributed by atoms with Crippen molar-refractivity contribution in [1.29, 1.82) is 0 Å². The minimum atomic E-state index is -1.21. The fourth-order valence-corrected chi connectivity index (χ4v) is 3.70. The lowest BCUT2D eigenvalue weighted by molar-refractivity contribution is -0.145. The Labute approximate surface area is 191 Å². The normalized spacial score (nSPS) is 18.4. The first-order chi connectivity index (χ1) is 15.8. The number of aromatic amines is 1. The summed E-state index contributed by atoms with van der Waals surface area (Å²) in [7, 11) is 0. The van der Waals surface area contributed by atoms with E-state index < -0.39 is 54.5 Å². The van der Waals surface area contributed by atoms with Crippen LogP contribution in [0.3, 0.4) is 0 Å². The van der Waals surface area contributed by atoms with Gasteiger partial charge < -0.3 is 42.2 Å². The Kier molecular flexibility index (Phi) is 10.2. The van der Waals surface area contributed by atoms with E-state index >= 15 is 0 Å². The van der Waals surface area contributed by atoms with E-state index in [9.17, 15) is 24.3 Å². The Bertz CT molecular complexity index is 803. The molecule has 0 spiro atoms. The number of unbranched alkanes of at least 4 members (excludes halogenated alkanes) is 1. The van der Waals surface area contributed by atoms with Crippen molar-refractivity contribution in [1.82, 2.24) is 25.5 Å². The molecule has 1 saturated heterocycles.